The first-order chi connectivity index (χ1) is 10.2. The lowest BCUT2D eigenvalue weighted by Gasteiger charge is -2.34. The number of hydrogen-bond donors (Lipinski definition) is 1. The average Bonchev–Trinajstić information content (AvgIpc) is 2.52. The van der Waals surface area contributed by atoms with Crippen LogP contribution in [0.1, 0.15) is 13.3 Å². The van der Waals surface area contributed by atoms with Gasteiger partial charge >= 0.3 is 0 Å². The van der Waals surface area contributed by atoms with E-state index in [1.807, 2.05) is 31.2 Å². The van der Waals surface area contributed by atoms with Crippen LogP contribution in [0.2, 0.25) is 0 Å². The van der Waals surface area contributed by atoms with Crippen molar-refractivity contribution in [3.05, 3.63) is 24.3 Å². The highest BCUT2D eigenvalue weighted by Gasteiger charge is 2.31. The van der Waals surface area contributed by atoms with E-state index in [9.17, 15) is 9.59 Å². The first-order valence-electron chi connectivity index (χ1n) is 6.99. The number of piperazine rings is 1. The number of ether oxygens (including phenoxy) is 1. The van der Waals surface area contributed by atoms with Gasteiger partial charge in [0.15, 0.2) is 0 Å². The molecule has 2 rings (SSSR count). The number of carbonyl (C=O) groups is 2. The zero-order valence-corrected chi connectivity index (χ0v) is 13.1. The van der Waals surface area contributed by atoms with E-state index in [4.69, 9.17) is 4.74 Å². The number of thioether (sulfide) groups is 1. The topological polar surface area (TPSA) is 58.6 Å². The van der Waals surface area contributed by atoms with Crippen molar-refractivity contribution in [3.63, 3.8) is 0 Å². The Hall–Kier alpha value is -1.69. The fourth-order valence-electron chi connectivity index (χ4n) is 2.32. The highest BCUT2D eigenvalue weighted by molar-refractivity contribution is 8.00. The first-order valence-corrected chi connectivity index (χ1v) is 7.98. The molecule has 1 fully saturated rings. The minimum atomic E-state index is -0.331. The number of methoxy groups -OCH3 is 1. The molecule has 1 unspecified atom stereocenters. The molecule has 114 valence electrons. The van der Waals surface area contributed by atoms with Gasteiger partial charge in [0.2, 0.25) is 11.8 Å². The van der Waals surface area contributed by atoms with Crippen LogP contribution in [0.4, 0.5) is 0 Å². The molecule has 1 aromatic carbocycles. The minimum Gasteiger partial charge on any atom is -0.497 e. The number of benzene rings is 1. The lowest BCUT2D eigenvalue weighted by molar-refractivity contribution is -0.141. The maximum Gasteiger partial charge on any atom is 0.242 e. The fraction of sp³-hybridized carbons (Fsp3) is 0.467. The molecular formula is C15H20N2O3S. The maximum atomic E-state index is 12.3. The Morgan fingerprint density at radius 3 is 2.76 bits per heavy atom. The number of carbonyl (C=O) groups excluding carboxylic acids is 2. The molecule has 0 bridgehead atoms. The molecule has 1 atom stereocenters. The summed E-state index contributed by atoms with van der Waals surface area (Å²) in [4.78, 5) is 26.8. The van der Waals surface area contributed by atoms with Gasteiger partial charge in [-0.3, -0.25) is 9.59 Å². The van der Waals surface area contributed by atoms with Crippen molar-refractivity contribution in [2.24, 2.45) is 0 Å². The van der Waals surface area contributed by atoms with Gasteiger partial charge in [0.05, 0.1) is 12.9 Å². The Morgan fingerprint density at radius 2 is 2.14 bits per heavy atom. The highest BCUT2D eigenvalue weighted by Crippen LogP contribution is 2.22. The molecule has 21 heavy (non-hydrogen) atoms. The van der Waals surface area contributed by atoms with Crippen LogP contribution < -0.4 is 10.1 Å². The van der Waals surface area contributed by atoms with Gasteiger partial charge in [0.25, 0.3) is 0 Å². The van der Waals surface area contributed by atoms with Gasteiger partial charge in [-0.2, -0.15) is 0 Å². The summed E-state index contributed by atoms with van der Waals surface area (Å²) in [5.41, 5.74) is 0. The highest BCUT2D eigenvalue weighted by atomic mass is 32.2. The predicted octanol–water partition coefficient (Wildman–Crippen LogP) is 1.52. The van der Waals surface area contributed by atoms with Crippen LogP contribution in [0.15, 0.2) is 29.2 Å². The zero-order valence-electron chi connectivity index (χ0n) is 12.3. The summed E-state index contributed by atoms with van der Waals surface area (Å²) in [6.45, 7) is 3.05. The van der Waals surface area contributed by atoms with Crippen molar-refractivity contribution in [2.45, 2.75) is 24.3 Å². The van der Waals surface area contributed by atoms with Gasteiger partial charge in [-0.15, -0.1) is 11.8 Å². The van der Waals surface area contributed by atoms with E-state index in [0.29, 0.717) is 25.3 Å². The number of rotatable bonds is 5. The molecule has 1 aliphatic rings. The molecule has 1 heterocycles. The molecule has 0 saturated carbocycles. The van der Waals surface area contributed by atoms with Gasteiger partial charge in [-0.25, -0.2) is 0 Å². The van der Waals surface area contributed by atoms with E-state index >= 15 is 0 Å². The second kappa shape index (κ2) is 7.36. The van der Waals surface area contributed by atoms with E-state index in [1.54, 1.807) is 12.0 Å². The summed E-state index contributed by atoms with van der Waals surface area (Å²) in [6, 6.07) is 7.27. The van der Waals surface area contributed by atoms with Crippen molar-refractivity contribution >= 4 is 23.6 Å². The Labute approximate surface area is 129 Å². The molecule has 1 aromatic rings. The summed E-state index contributed by atoms with van der Waals surface area (Å²) in [7, 11) is 1.62. The maximum absolute atomic E-state index is 12.3. The summed E-state index contributed by atoms with van der Waals surface area (Å²) in [5.74, 6) is 1.10. The third-order valence-corrected chi connectivity index (χ3v) is 4.46. The monoisotopic (exact) mass is 308 g/mol. The molecule has 0 aromatic heterocycles. The number of nitrogens with zero attached hydrogens (tertiary/aromatic N) is 1. The molecule has 0 radical (unpaired) electrons. The van der Waals surface area contributed by atoms with Crippen LogP contribution in [0.25, 0.3) is 0 Å². The van der Waals surface area contributed by atoms with Gasteiger partial charge < -0.3 is 15.0 Å². The summed E-state index contributed by atoms with van der Waals surface area (Å²) < 4.78 is 5.10. The van der Waals surface area contributed by atoms with Crippen molar-refractivity contribution in [1.82, 2.24) is 10.2 Å². The molecule has 1 N–H and O–H groups in total. The second-order valence-corrected chi connectivity index (χ2v) is 5.82. The van der Waals surface area contributed by atoms with Gasteiger partial charge in [0.1, 0.15) is 11.8 Å². The van der Waals surface area contributed by atoms with Crippen molar-refractivity contribution in [1.29, 1.82) is 0 Å². The van der Waals surface area contributed by atoms with Crippen LogP contribution in [-0.4, -0.2) is 48.7 Å². The molecule has 6 heteroatoms. The molecular weight excluding hydrogens is 288 g/mol. The van der Waals surface area contributed by atoms with Gasteiger partial charge in [0, 0.05) is 18.0 Å². The van der Waals surface area contributed by atoms with Crippen molar-refractivity contribution in [3.8, 4) is 5.75 Å². The number of hydrogen-bond acceptors (Lipinski definition) is 4. The fourth-order valence-corrected chi connectivity index (χ4v) is 3.10. The largest absolute Gasteiger partial charge is 0.497 e. The molecule has 0 spiro atoms. The van der Waals surface area contributed by atoms with Crippen molar-refractivity contribution < 1.29 is 14.3 Å². The van der Waals surface area contributed by atoms with Crippen LogP contribution in [0, 0.1) is 0 Å². The predicted molar refractivity (Wildman–Crippen MR) is 82.5 cm³/mol. The van der Waals surface area contributed by atoms with E-state index < -0.39 is 0 Å². The molecule has 1 aliphatic heterocycles. The van der Waals surface area contributed by atoms with Gasteiger partial charge in [-0.05, 0) is 30.7 Å². The quantitative estimate of drug-likeness (QED) is 0.838. The Kier molecular flexibility index (Phi) is 5.50. The van der Waals surface area contributed by atoms with E-state index in [1.165, 1.54) is 11.8 Å². The first kappa shape index (κ1) is 15.7. The number of amides is 2. The minimum absolute atomic E-state index is 0.0116. The van der Waals surface area contributed by atoms with Crippen LogP contribution in [0.5, 0.6) is 5.75 Å². The van der Waals surface area contributed by atoms with Crippen LogP contribution in [-0.2, 0) is 9.59 Å². The lowest BCUT2D eigenvalue weighted by atomic mass is 10.1. The molecule has 1 saturated heterocycles. The number of nitrogens with one attached hydrogen (secondary N) is 1. The summed E-state index contributed by atoms with van der Waals surface area (Å²) in [6.07, 6.45) is 0.644. The third kappa shape index (κ3) is 3.91. The molecule has 2 amide bonds. The van der Waals surface area contributed by atoms with E-state index in [2.05, 4.69) is 5.32 Å². The van der Waals surface area contributed by atoms with Crippen LogP contribution in [0.3, 0.4) is 0 Å². The average molecular weight is 308 g/mol. The van der Waals surface area contributed by atoms with Gasteiger partial charge in [-0.1, -0.05) is 6.92 Å². The third-order valence-electron chi connectivity index (χ3n) is 3.46. The normalized spacial score (nSPS) is 18.3. The lowest BCUT2D eigenvalue weighted by Crippen LogP contribution is -2.57. The Balaban J connectivity index is 1.92. The van der Waals surface area contributed by atoms with E-state index in [0.717, 1.165) is 10.6 Å². The SMILES string of the molecule is CCC1C(=O)NCCN1C(=O)CSc1ccc(OC)cc1. The van der Waals surface area contributed by atoms with E-state index in [-0.39, 0.29) is 17.9 Å². The van der Waals surface area contributed by atoms with Crippen molar-refractivity contribution in [2.75, 3.05) is 26.0 Å². The molecule has 5 nitrogen and oxygen atoms in total. The molecule has 0 aliphatic carbocycles. The van der Waals surface area contributed by atoms with Crippen LogP contribution >= 0.6 is 11.8 Å². The standard InChI is InChI=1S/C15H20N2O3S/c1-3-13-15(19)16-8-9-17(13)14(18)10-21-12-6-4-11(20-2)5-7-12/h4-7,13H,3,8-10H2,1-2H3,(H,16,19). The Morgan fingerprint density at radius 1 is 1.43 bits per heavy atom. The second-order valence-electron chi connectivity index (χ2n) is 4.77. The zero-order chi connectivity index (χ0) is 15.2. The smallest absolute Gasteiger partial charge is 0.242 e. The summed E-state index contributed by atoms with van der Waals surface area (Å²) >= 11 is 1.48. The summed E-state index contributed by atoms with van der Waals surface area (Å²) in [5, 5.41) is 2.80. The Bertz CT molecular complexity index is 504.